The smallest absolute Gasteiger partial charge is 0.382 e. The van der Waals surface area contributed by atoms with E-state index in [1.165, 1.54) is 10.5 Å². The topological polar surface area (TPSA) is 70.4 Å². The van der Waals surface area contributed by atoms with Gasteiger partial charge >= 0.3 is 12.2 Å². The van der Waals surface area contributed by atoms with Crippen LogP contribution in [0.1, 0.15) is 18.4 Å². The zero-order valence-electron chi connectivity index (χ0n) is 13.4. The van der Waals surface area contributed by atoms with Gasteiger partial charge in [-0.15, -0.1) is 0 Å². The Morgan fingerprint density at radius 3 is 2.38 bits per heavy atom. The molecule has 24 heavy (non-hydrogen) atoms. The molecule has 0 bridgehead atoms. The molecule has 0 unspecified atom stereocenters. The van der Waals surface area contributed by atoms with Gasteiger partial charge in [-0.3, -0.25) is 0 Å². The number of rotatable bonds is 5. The first-order valence-electron chi connectivity index (χ1n) is 8.02. The van der Waals surface area contributed by atoms with Gasteiger partial charge in [0.25, 0.3) is 0 Å². The van der Waals surface area contributed by atoms with E-state index in [9.17, 15) is 18.0 Å². The predicted octanol–water partition coefficient (Wildman–Crippen LogP) is 2.34. The van der Waals surface area contributed by atoms with Crippen LogP contribution in [0.15, 0.2) is 24.3 Å². The summed E-state index contributed by atoms with van der Waals surface area (Å²) in [4.78, 5) is 13.1. The molecule has 4 N–H and O–H groups in total. The maximum Gasteiger partial charge on any atom is 0.405 e. The average Bonchev–Trinajstić information content (AvgIpc) is 2.55. The molecule has 5 nitrogen and oxygen atoms in total. The molecule has 1 heterocycles. The molecule has 1 aromatic rings. The number of nitrogens with zero attached hydrogens (tertiary/aromatic N) is 1. The van der Waals surface area contributed by atoms with Crippen molar-refractivity contribution >= 4 is 11.7 Å². The second-order valence-electron chi connectivity index (χ2n) is 5.92. The number of carbonyl (C=O) groups is 1. The molecule has 1 aromatic carbocycles. The molecule has 1 aliphatic heterocycles. The van der Waals surface area contributed by atoms with Crippen LogP contribution in [0.25, 0.3) is 0 Å². The maximum atomic E-state index is 12.1. The van der Waals surface area contributed by atoms with Crippen LogP contribution >= 0.6 is 0 Å². The maximum absolute atomic E-state index is 12.1. The first-order chi connectivity index (χ1) is 11.4. The predicted molar refractivity (Wildman–Crippen MR) is 86.9 cm³/mol. The number of anilines is 1. The minimum atomic E-state index is -4.38. The number of carbonyl (C=O) groups excluding carboxylic acids is 1. The van der Waals surface area contributed by atoms with Crippen LogP contribution in [0.4, 0.5) is 23.7 Å². The average molecular weight is 344 g/mol. The fourth-order valence-corrected chi connectivity index (χ4v) is 2.68. The highest BCUT2D eigenvalue weighted by molar-refractivity contribution is 5.74. The molecule has 0 atom stereocenters. The summed E-state index contributed by atoms with van der Waals surface area (Å²) < 4.78 is 36.3. The van der Waals surface area contributed by atoms with Crippen molar-refractivity contribution in [2.75, 3.05) is 31.5 Å². The lowest BCUT2D eigenvalue weighted by Gasteiger charge is -2.33. The highest BCUT2D eigenvalue weighted by Gasteiger charge is 2.30. The number of benzene rings is 1. The summed E-state index contributed by atoms with van der Waals surface area (Å²) >= 11 is 0. The number of nitrogens with two attached hydrogens (primary N) is 1. The zero-order chi connectivity index (χ0) is 17.6. The van der Waals surface area contributed by atoms with Gasteiger partial charge in [0.15, 0.2) is 0 Å². The van der Waals surface area contributed by atoms with Crippen LogP contribution in [0.2, 0.25) is 0 Å². The minimum Gasteiger partial charge on any atom is -0.382 e. The van der Waals surface area contributed by atoms with E-state index >= 15 is 0 Å². The van der Waals surface area contributed by atoms with Gasteiger partial charge in [0.1, 0.15) is 6.54 Å². The van der Waals surface area contributed by atoms with Crippen molar-refractivity contribution in [3.05, 3.63) is 29.8 Å². The largest absolute Gasteiger partial charge is 0.405 e. The lowest BCUT2D eigenvalue weighted by atomic mass is 10.0. The van der Waals surface area contributed by atoms with Crippen LogP contribution in [0, 0.1) is 0 Å². The summed E-state index contributed by atoms with van der Waals surface area (Å²) in [5.41, 5.74) is 7.69. The third-order valence-electron chi connectivity index (χ3n) is 3.98. The Morgan fingerprint density at radius 1 is 1.21 bits per heavy atom. The van der Waals surface area contributed by atoms with Gasteiger partial charge in [-0.1, -0.05) is 12.1 Å². The Kier molecular flexibility index (Phi) is 6.30. The van der Waals surface area contributed by atoms with E-state index in [0.29, 0.717) is 32.5 Å². The van der Waals surface area contributed by atoms with Gasteiger partial charge < -0.3 is 21.3 Å². The Morgan fingerprint density at radius 2 is 1.83 bits per heavy atom. The normalized spacial score (nSPS) is 16.1. The Balaban J connectivity index is 1.75. The molecule has 2 rings (SSSR count). The molecule has 0 spiro atoms. The van der Waals surface area contributed by atoms with Crippen molar-refractivity contribution in [1.29, 1.82) is 0 Å². The molecule has 134 valence electrons. The third-order valence-corrected chi connectivity index (χ3v) is 3.98. The molecule has 2 amide bonds. The van der Waals surface area contributed by atoms with Crippen molar-refractivity contribution in [1.82, 2.24) is 10.2 Å². The molecule has 8 heteroatoms. The molecule has 0 aliphatic carbocycles. The van der Waals surface area contributed by atoms with E-state index in [4.69, 9.17) is 5.73 Å². The SMILES string of the molecule is NCCc1ccc(NC2CCN(C(=O)NCC(F)(F)F)CC2)cc1. The van der Waals surface area contributed by atoms with Gasteiger partial charge in [0.05, 0.1) is 0 Å². The zero-order valence-corrected chi connectivity index (χ0v) is 13.4. The molecule has 1 aliphatic rings. The number of likely N-dealkylation sites (tertiary alicyclic amines) is 1. The third kappa shape index (κ3) is 5.92. The summed E-state index contributed by atoms with van der Waals surface area (Å²) in [5, 5.41) is 5.30. The van der Waals surface area contributed by atoms with Gasteiger partial charge in [-0.2, -0.15) is 13.2 Å². The van der Waals surface area contributed by atoms with Crippen molar-refractivity contribution in [2.24, 2.45) is 5.73 Å². The molecule has 0 aromatic heterocycles. The standard InChI is InChI=1S/C16H23F3N4O/c17-16(18,19)11-21-15(24)23-9-6-14(7-10-23)22-13-3-1-12(2-4-13)5-8-20/h1-4,14,22H,5-11,20H2,(H,21,24). The van der Waals surface area contributed by atoms with Crippen LogP contribution in [-0.2, 0) is 6.42 Å². The number of piperidine rings is 1. The number of alkyl halides is 3. The van der Waals surface area contributed by atoms with Crippen LogP contribution < -0.4 is 16.4 Å². The number of urea groups is 1. The van der Waals surface area contributed by atoms with Gasteiger partial charge in [0, 0.05) is 24.8 Å². The van der Waals surface area contributed by atoms with Gasteiger partial charge in [-0.25, -0.2) is 4.79 Å². The summed E-state index contributed by atoms with van der Waals surface area (Å²) in [5.74, 6) is 0. The van der Waals surface area contributed by atoms with Crippen LogP contribution in [-0.4, -0.2) is 49.3 Å². The lowest BCUT2D eigenvalue weighted by molar-refractivity contribution is -0.123. The van der Waals surface area contributed by atoms with E-state index < -0.39 is 18.8 Å². The molecule has 0 radical (unpaired) electrons. The van der Waals surface area contributed by atoms with Gasteiger partial charge in [-0.05, 0) is 43.5 Å². The Hall–Kier alpha value is -1.96. The fraction of sp³-hybridized carbons (Fsp3) is 0.562. The van der Waals surface area contributed by atoms with E-state index in [1.807, 2.05) is 29.6 Å². The number of hydrogen-bond donors (Lipinski definition) is 3. The summed E-state index contributed by atoms with van der Waals surface area (Å²) in [6, 6.07) is 7.58. The first-order valence-corrected chi connectivity index (χ1v) is 8.02. The number of halogens is 3. The van der Waals surface area contributed by atoms with E-state index in [-0.39, 0.29) is 6.04 Å². The van der Waals surface area contributed by atoms with Crippen molar-refractivity contribution < 1.29 is 18.0 Å². The highest BCUT2D eigenvalue weighted by atomic mass is 19.4. The second-order valence-corrected chi connectivity index (χ2v) is 5.92. The number of nitrogens with one attached hydrogen (secondary N) is 2. The van der Waals surface area contributed by atoms with Crippen molar-refractivity contribution in [2.45, 2.75) is 31.5 Å². The second kappa shape index (κ2) is 8.23. The molecular weight excluding hydrogens is 321 g/mol. The quantitative estimate of drug-likeness (QED) is 0.768. The Bertz CT molecular complexity index is 525. The van der Waals surface area contributed by atoms with Crippen molar-refractivity contribution in [3.63, 3.8) is 0 Å². The van der Waals surface area contributed by atoms with E-state index in [0.717, 1.165) is 12.1 Å². The lowest BCUT2D eigenvalue weighted by Crippen LogP contribution is -2.48. The summed E-state index contributed by atoms with van der Waals surface area (Å²) in [7, 11) is 0. The van der Waals surface area contributed by atoms with Crippen molar-refractivity contribution in [3.8, 4) is 0 Å². The molecule has 1 fully saturated rings. The van der Waals surface area contributed by atoms with E-state index in [2.05, 4.69) is 5.32 Å². The number of hydrogen-bond acceptors (Lipinski definition) is 3. The van der Waals surface area contributed by atoms with E-state index in [1.54, 1.807) is 0 Å². The summed E-state index contributed by atoms with van der Waals surface area (Å²) in [6.45, 7) is 0.194. The Labute approximate surface area is 139 Å². The van der Waals surface area contributed by atoms with Crippen LogP contribution in [0.3, 0.4) is 0 Å². The summed E-state index contributed by atoms with van der Waals surface area (Å²) in [6.07, 6.45) is -2.15. The molecule has 0 saturated carbocycles. The monoisotopic (exact) mass is 344 g/mol. The number of amides is 2. The minimum absolute atomic E-state index is 0.206. The van der Waals surface area contributed by atoms with Crippen LogP contribution in [0.5, 0.6) is 0 Å². The first kappa shape index (κ1) is 18.4. The highest BCUT2D eigenvalue weighted by Crippen LogP contribution is 2.18. The fourth-order valence-electron chi connectivity index (χ4n) is 2.68. The van der Waals surface area contributed by atoms with Gasteiger partial charge in [0.2, 0.25) is 0 Å². The molecule has 1 saturated heterocycles. The molecular formula is C16H23F3N4O.